The summed E-state index contributed by atoms with van der Waals surface area (Å²) in [5.74, 6) is -0.816. The highest BCUT2D eigenvalue weighted by Crippen LogP contribution is 2.32. The van der Waals surface area contributed by atoms with E-state index >= 15 is 0 Å². The number of amides is 1. The van der Waals surface area contributed by atoms with Crippen molar-refractivity contribution in [2.45, 2.75) is 44.6 Å². The van der Waals surface area contributed by atoms with E-state index in [1.807, 2.05) is 12.1 Å². The van der Waals surface area contributed by atoms with Gasteiger partial charge in [0.15, 0.2) is 12.4 Å². The molecule has 1 N–H and O–H groups in total. The van der Waals surface area contributed by atoms with Crippen LogP contribution in [0.5, 0.6) is 0 Å². The molecule has 9 nitrogen and oxygen atoms in total. The number of para-hydroxylation sites is 1. The van der Waals surface area contributed by atoms with Crippen LogP contribution in [0.1, 0.15) is 64.3 Å². The molecule has 1 aliphatic carbocycles. The molecule has 0 spiro atoms. The maximum Gasteiger partial charge on any atom is 0.340 e. The monoisotopic (exact) mass is 447 g/mol. The van der Waals surface area contributed by atoms with Crippen molar-refractivity contribution >= 4 is 23.3 Å². The normalized spacial score (nSPS) is 13.9. The minimum atomic E-state index is -0.694. The molecule has 2 aromatic carbocycles. The van der Waals surface area contributed by atoms with Crippen LogP contribution in [0, 0.1) is 0 Å². The first-order chi connectivity index (χ1) is 16.1. The van der Waals surface area contributed by atoms with E-state index in [4.69, 9.17) is 4.74 Å². The molecule has 0 aliphatic heterocycles. The fraction of sp³-hybridized carbons (Fsp3) is 0.333. The zero-order chi connectivity index (χ0) is 23.0. The number of nitrogens with one attached hydrogen (secondary N) is 1. The van der Waals surface area contributed by atoms with Crippen LogP contribution < -0.4 is 5.32 Å². The van der Waals surface area contributed by atoms with Crippen molar-refractivity contribution in [2.75, 3.05) is 11.9 Å². The standard InChI is InChI=1S/C24H25N5O4/c30-22(19-12-10-18(11-13-19)17-6-2-1-3-7-17)15-33-24(32)20-8-4-5-9-21(20)26-23(31)14-29-16-25-27-28-29/h4-5,8-13,16-17H,1-3,6-7,14-15H2,(H,26,31). The number of anilines is 1. The zero-order valence-electron chi connectivity index (χ0n) is 18.1. The van der Waals surface area contributed by atoms with Crippen LogP contribution in [0.15, 0.2) is 54.9 Å². The highest BCUT2D eigenvalue weighted by Gasteiger charge is 2.18. The smallest absolute Gasteiger partial charge is 0.340 e. The number of tetrazole rings is 1. The van der Waals surface area contributed by atoms with Gasteiger partial charge in [0.05, 0.1) is 11.3 Å². The highest BCUT2D eigenvalue weighted by atomic mass is 16.5. The summed E-state index contributed by atoms with van der Waals surface area (Å²) in [6.07, 6.45) is 7.49. The summed E-state index contributed by atoms with van der Waals surface area (Å²) in [7, 11) is 0. The molecule has 170 valence electrons. The molecule has 1 saturated carbocycles. The molecule has 3 aromatic rings. The Morgan fingerprint density at radius 2 is 1.76 bits per heavy atom. The molecule has 0 bridgehead atoms. The van der Waals surface area contributed by atoms with Gasteiger partial charge in [-0.25, -0.2) is 9.48 Å². The summed E-state index contributed by atoms with van der Waals surface area (Å²) in [6, 6.07) is 14.0. The predicted molar refractivity (Wildman–Crippen MR) is 120 cm³/mol. The molecule has 0 radical (unpaired) electrons. The SMILES string of the molecule is O=C(Cn1cnnn1)Nc1ccccc1C(=O)OCC(=O)c1ccc(C2CCCCC2)cc1. The summed E-state index contributed by atoms with van der Waals surface area (Å²) in [6.45, 7) is -0.486. The van der Waals surface area contributed by atoms with Crippen LogP contribution in [0.3, 0.4) is 0 Å². The fourth-order valence-electron chi connectivity index (χ4n) is 4.03. The summed E-state index contributed by atoms with van der Waals surface area (Å²) >= 11 is 0. The van der Waals surface area contributed by atoms with Crippen molar-refractivity contribution in [1.29, 1.82) is 0 Å². The van der Waals surface area contributed by atoms with Crippen molar-refractivity contribution < 1.29 is 19.1 Å². The van der Waals surface area contributed by atoms with Crippen molar-refractivity contribution in [2.24, 2.45) is 0 Å². The van der Waals surface area contributed by atoms with E-state index < -0.39 is 11.9 Å². The van der Waals surface area contributed by atoms with Gasteiger partial charge in [-0.1, -0.05) is 55.7 Å². The van der Waals surface area contributed by atoms with Crippen LogP contribution in [-0.4, -0.2) is 44.5 Å². The Morgan fingerprint density at radius 3 is 2.48 bits per heavy atom. The number of carbonyl (C=O) groups is 3. The first-order valence-corrected chi connectivity index (χ1v) is 11.0. The molecule has 33 heavy (non-hydrogen) atoms. The van der Waals surface area contributed by atoms with Gasteiger partial charge in [0.2, 0.25) is 5.91 Å². The average molecular weight is 447 g/mol. The lowest BCUT2D eigenvalue weighted by Gasteiger charge is -2.22. The van der Waals surface area contributed by atoms with E-state index in [9.17, 15) is 14.4 Å². The summed E-state index contributed by atoms with van der Waals surface area (Å²) in [4.78, 5) is 37.4. The number of ether oxygens (including phenoxy) is 1. The Balaban J connectivity index is 1.33. The van der Waals surface area contributed by atoms with Gasteiger partial charge < -0.3 is 10.1 Å². The summed E-state index contributed by atoms with van der Waals surface area (Å²) in [5.41, 5.74) is 2.20. The second kappa shape index (κ2) is 10.6. The second-order valence-corrected chi connectivity index (χ2v) is 8.06. The van der Waals surface area contributed by atoms with Gasteiger partial charge in [-0.2, -0.15) is 0 Å². The third-order valence-corrected chi connectivity index (χ3v) is 5.76. The first kappa shape index (κ1) is 22.3. The molecule has 0 saturated heterocycles. The quantitative estimate of drug-likeness (QED) is 0.415. The van der Waals surface area contributed by atoms with Crippen LogP contribution in [0.25, 0.3) is 0 Å². The first-order valence-electron chi connectivity index (χ1n) is 11.0. The van der Waals surface area contributed by atoms with Crippen molar-refractivity contribution in [3.8, 4) is 0 Å². The van der Waals surface area contributed by atoms with E-state index in [-0.39, 0.29) is 30.2 Å². The van der Waals surface area contributed by atoms with E-state index in [0.29, 0.717) is 11.5 Å². The third-order valence-electron chi connectivity index (χ3n) is 5.76. The molecule has 0 unspecified atom stereocenters. The maximum absolute atomic E-state index is 12.6. The van der Waals surface area contributed by atoms with Gasteiger partial charge in [-0.3, -0.25) is 9.59 Å². The molecular weight excluding hydrogens is 422 g/mol. The fourth-order valence-corrected chi connectivity index (χ4v) is 4.03. The van der Waals surface area contributed by atoms with Crippen LogP contribution >= 0.6 is 0 Å². The van der Waals surface area contributed by atoms with E-state index in [0.717, 1.165) is 0 Å². The number of esters is 1. The van der Waals surface area contributed by atoms with Gasteiger partial charge in [-0.05, 0) is 46.9 Å². The molecule has 1 amide bonds. The summed E-state index contributed by atoms with van der Waals surface area (Å²) in [5, 5.41) is 13.2. The minimum absolute atomic E-state index is 0.105. The number of carbonyl (C=O) groups excluding carboxylic acids is 3. The number of hydrogen-bond donors (Lipinski definition) is 1. The predicted octanol–water partition coefficient (Wildman–Crippen LogP) is 3.40. The molecule has 1 heterocycles. The number of aromatic nitrogens is 4. The van der Waals surface area contributed by atoms with Crippen molar-refractivity contribution in [3.63, 3.8) is 0 Å². The number of nitrogens with zero attached hydrogens (tertiary/aromatic N) is 4. The van der Waals surface area contributed by atoms with Gasteiger partial charge in [0.1, 0.15) is 12.9 Å². The van der Waals surface area contributed by atoms with Crippen LogP contribution in [0.4, 0.5) is 5.69 Å². The number of rotatable bonds is 8. The van der Waals surface area contributed by atoms with Gasteiger partial charge >= 0.3 is 5.97 Å². The number of ketones is 1. The van der Waals surface area contributed by atoms with E-state index in [2.05, 4.69) is 20.8 Å². The van der Waals surface area contributed by atoms with E-state index in [1.165, 1.54) is 54.7 Å². The van der Waals surface area contributed by atoms with Crippen LogP contribution in [-0.2, 0) is 16.1 Å². The third kappa shape index (κ3) is 5.88. The lowest BCUT2D eigenvalue weighted by atomic mass is 9.84. The molecule has 0 atom stereocenters. The molecule has 1 fully saturated rings. The lowest BCUT2D eigenvalue weighted by Crippen LogP contribution is -2.21. The summed E-state index contributed by atoms with van der Waals surface area (Å²) < 4.78 is 6.50. The van der Waals surface area contributed by atoms with Crippen molar-refractivity contribution in [3.05, 3.63) is 71.5 Å². The molecule has 4 rings (SSSR count). The number of hydrogen-bond acceptors (Lipinski definition) is 7. The average Bonchev–Trinajstić information content (AvgIpc) is 3.36. The Kier molecular flexibility index (Phi) is 7.19. The van der Waals surface area contributed by atoms with Crippen LogP contribution in [0.2, 0.25) is 0 Å². The zero-order valence-corrected chi connectivity index (χ0v) is 18.1. The number of benzene rings is 2. The van der Waals surface area contributed by atoms with E-state index in [1.54, 1.807) is 30.3 Å². The highest BCUT2D eigenvalue weighted by molar-refractivity contribution is 6.03. The van der Waals surface area contributed by atoms with Gasteiger partial charge in [0, 0.05) is 5.56 Å². The Labute approximate surface area is 191 Å². The van der Waals surface area contributed by atoms with Gasteiger partial charge in [0.25, 0.3) is 0 Å². The molecule has 9 heteroatoms. The van der Waals surface area contributed by atoms with Gasteiger partial charge in [-0.15, -0.1) is 5.10 Å². The number of Topliss-reactive ketones (excluding diaryl/α,β-unsaturated/α-hetero) is 1. The maximum atomic E-state index is 12.6. The Hall–Kier alpha value is -3.88. The Bertz CT molecular complexity index is 1110. The Morgan fingerprint density at radius 1 is 1.00 bits per heavy atom. The second-order valence-electron chi connectivity index (χ2n) is 8.06. The molecule has 1 aromatic heterocycles. The lowest BCUT2D eigenvalue weighted by molar-refractivity contribution is -0.116. The minimum Gasteiger partial charge on any atom is -0.454 e. The largest absolute Gasteiger partial charge is 0.454 e. The van der Waals surface area contributed by atoms with Crippen molar-refractivity contribution in [1.82, 2.24) is 20.2 Å². The molecule has 1 aliphatic rings. The molecular formula is C24H25N5O4. The topological polar surface area (TPSA) is 116 Å².